The van der Waals surface area contributed by atoms with Crippen LogP contribution in [0.5, 0.6) is 0 Å². The van der Waals surface area contributed by atoms with E-state index in [-0.39, 0.29) is 17.7 Å². The van der Waals surface area contributed by atoms with E-state index in [1.54, 1.807) is 20.9 Å². The lowest BCUT2D eigenvalue weighted by molar-refractivity contribution is -0.137. The molecule has 0 unspecified atom stereocenters. The van der Waals surface area contributed by atoms with Gasteiger partial charge in [-0.25, -0.2) is 0 Å². The summed E-state index contributed by atoms with van der Waals surface area (Å²) in [6.07, 6.45) is 0.862. The van der Waals surface area contributed by atoms with Crippen molar-refractivity contribution in [3.8, 4) is 0 Å². The van der Waals surface area contributed by atoms with Crippen molar-refractivity contribution in [3.05, 3.63) is 0 Å². The average molecular weight is 203 g/mol. The Hall–Kier alpha value is -0.510. The van der Waals surface area contributed by atoms with E-state index in [0.29, 0.717) is 18.6 Å². The average Bonchev–Trinajstić information content (AvgIpc) is 2.14. The summed E-state index contributed by atoms with van der Waals surface area (Å²) in [4.78, 5) is 24.1. The fraction of sp³-hybridized carbons (Fsp3) is 0.778. The molecule has 0 fully saturated rings. The van der Waals surface area contributed by atoms with Gasteiger partial charge in [0.25, 0.3) is 0 Å². The molecule has 13 heavy (non-hydrogen) atoms. The SMILES string of the molecule is CCC(=O)[C@H](C)N(C)C(=O)CCS. The van der Waals surface area contributed by atoms with Gasteiger partial charge in [0.15, 0.2) is 5.78 Å². The number of ketones is 1. The fourth-order valence-corrected chi connectivity index (χ4v) is 1.19. The van der Waals surface area contributed by atoms with Gasteiger partial charge in [-0.1, -0.05) is 6.92 Å². The highest BCUT2D eigenvalue weighted by Crippen LogP contribution is 2.02. The van der Waals surface area contributed by atoms with E-state index in [1.165, 1.54) is 4.90 Å². The molecule has 0 aromatic carbocycles. The molecular formula is C9H17NO2S. The van der Waals surface area contributed by atoms with Gasteiger partial charge in [-0.05, 0) is 12.7 Å². The molecule has 1 atom stereocenters. The molecule has 0 aliphatic rings. The lowest BCUT2D eigenvalue weighted by atomic mass is 10.1. The molecule has 76 valence electrons. The number of carbonyl (C=O) groups is 2. The van der Waals surface area contributed by atoms with Crippen LogP contribution in [0.1, 0.15) is 26.7 Å². The molecule has 0 saturated carbocycles. The number of amides is 1. The second-order valence-corrected chi connectivity index (χ2v) is 3.42. The van der Waals surface area contributed by atoms with Crippen LogP contribution < -0.4 is 0 Å². The molecule has 0 rings (SSSR count). The maximum absolute atomic E-state index is 11.3. The molecule has 0 bridgehead atoms. The van der Waals surface area contributed by atoms with Crippen LogP contribution in [0.4, 0.5) is 0 Å². The van der Waals surface area contributed by atoms with Crippen LogP contribution >= 0.6 is 12.6 Å². The largest absolute Gasteiger partial charge is 0.336 e. The molecule has 0 aromatic heterocycles. The minimum Gasteiger partial charge on any atom is -0.336 e. The first-order valence-electron chi connectivity index (χ1n) is 4.43. The molecular weight excluding hydrogens is 186 g/mol. The number of hydrogen-bond donors (Lipinski definition) is 1. The van der Waals surface area contributed by atoms with Crippen molar-refractivity contribution in [1.29, 1.82) is 0 Å². The van der Waals surface area contributed by atoms with Crippen molar-refractivity contribution < 1.29 is 9.59 Å². The molecule has 0 saturated heterocycles. The van der Waals surface area contributed by atoms with E-state index >= 15 is 0 Å². The molecule has 0 radical (unpaired) electrons. The first-order chi connectivity index (χ1) is 6.04. The maximum Gasteiger partial charge on any atom is 0.223 e. The number of hydrogen-bond acceptors (Lipinski definition) is 3. The molecule has 0 heterocycles. The Morgan fingerprint density at radius 3 is 2.38 bits per heavy atom. The number of rotatable bonds is 5. The minimum absolute atomic E-state index is 0.0238. The van der Waals surface area contributed by atoms with E-state index in [9.17, 15) is 9.59 Å². The Morgan fingerprint density at radius 1 is 1.46 bits per heavy atom. The summed E-state index contributed by atoms with van der Waals surface area (Å²) < 4.78 is 0. The van der Waals surface area contributed by atoms with Crippen molar-refractivity contribution in [2.24, 2.45) is 0 Å². The lowest BCUT2D eigenvalue weighted by Crippen LogP contribution is -2.40. The summed E-state index contributed by atoms with van der Waals surface area (Å²) in [5.74, 6) is 0.593. The monoisotopic (exact) mass is 203 g/mol. The Labute approximate surface area is 84.9 Å². The summed E-state index contributed by atoms with van der Waals surface area (Å²) in [5.41, 5.74) is 0. The molecule has 3 nitrogen and oxygen atoms in total. The first kappa shape index (κ1) is 12.5. The summed E-state index contributed by atoms with van der Waals surface area (Å²) in [6, 6.07) is -0.308. The fourth-order valence-electron chi connectivity index (χ4n) is 0.999. The number of thiol groups is 1. The summed E-state index contributed by atoms with van der Waals surface area (Å²) >= 11 is 3.97. The van der Waals surface area contributed by atoms with Crippen molar-refractivity contribution in [1.82, 2.24) is 4.90 Å². The highest BCUT2D eigenvalue weighted by atomic mass is 32.1. The predicted octanol–water partition coefficient (Wildman–Crippen LogP) is 1.13. The first-order valence-corrected chi connectivity index (χ1v) is 5.07. The Bertz CT molecular complexity index is 194. The Morgan fingerprint density at radius 2 is 2.00 bits per heavy atom. The van der Waals surface area contributed by atoms with Crippen LogP contribution in [0.2, 0.25) is 0 Å². The highest BCUT2D eigenvalue weighted by molar-refractivity contribution is 7.80. The summed E-state index contributed by atoms with van der Waals surface area (Å²) in [7, 11) is 1.66. The van der Waals surface area contributed by atoms with E-state index in [4.69, 9.17) is 0 Å². The van der Waals surface area contributed by atoms with Crippen molar-refractivity contribution in [2.45, 2.75) is 32.7 Å². The van der Waals surface area contributed by atoms with Crippen LogP contribution in [0.3, 0.4) is 0 Å². The number of carbonyl (C=O) groups excluding carboxylic acids is 2. The molecule has 0 spiro atoms. The molecule has 4 heteroatoms. The van der Waals surface area contributed by atoms with Gasteiger partial charge in [-0.3, -0.25) is 9.59 Å². The maximum atomic E-state index is 11.3. The van der Waals surface area contributed by atoms with Crippen LogP contribution in [0.25, 0.3) is 0 Å². The van der Waals surface area contributed by atoms with Crippen LogP contribution in [0, 0.1) is 0 Å². The number of Topliss-reactive ketones (excluding diaryl/α,β-unsaturated/α-hetero) is 1. The summed E-state index contributed by atoms with van der Waals surface area (Å²) in [5, 5.41) is 0. The van der Waals surface area contributed by atoms with E-state index in [2.05, 4.69) is 12.6 Å². The lowest BCUT2D eigenvalue weighted by Gasteiger charge is -2.23. The van der Waals surface area contributed by atoms with Crippen LogP contribution in [-0.4, -0.2) is 35.4 Å². The molecule has 0 aliphatic heterocycles. The molecule has 1 amide bonds. The van der Waals surface area contributed by atoms with E-state index in [0.717, 1.165) is 0 Å². The highest BCUT2D eigenvalue weighted by Gasteiger charge is 2.19. The van der Waals surface area contributed by atoms with Gasteiger partial charge in [0, 0.05) is 19.9 Å². The van der Waals surface area contributed by atoms with E-state index < -0.39 is 0 Å². The van der Waals surface area contributed by atoms with Gasteiger partial charge >= 0.3 is 0 Å². The van der Waals surface area contributed by atoms with Gasteiger partial charge in [0.1, 0.15) is 0 Å². The number of nitrogens with zero attached hydrogens (tertiary/aromatic N) is 1. The zero-order valence-electron chi connectivity index (χ0n) is 8.41. The third-order valence-electron chi connectivity index (χ3n) is 2.11. The Balaban J connectivity index is 4.16. The van der Waals surface area contributed by atoms with Crippen molar-refractivity contribution in [2.75, 3.05) is 12.8 Å². The standard InChI is InChI=1S/C9H17NO2S/c1-4-8(11)7(2)10(3)9(12)5-6-13/h7,13H,4-6H2,1-3H3/t7-/m0/s1. The minimum atomic E-state index is -0.308. The van der Waals surface area contributed by atoms with Gasteiger partial charge in [-0.15, -0.1) is 0 Å². The third kappa shape index (κ3) is 3.81. The summed E-state index contributed by atoms with van der Waals surface area (Å²) in [6.45, 7) is 3.55. The van der Waals surface area contributed by atoms with Gasteiger partial charge < -0.3 is 4.90 Å². The zero-order chi connectivity index (χ0) is 10.4. The molecule has 0 N–H and O–H groups in total. The predicted molar refractivity (Wildman–Crippen MR) is 56.0 cm³/mol. The third-order valence-corrected chi connectivity index (χ3v) is 2.34. The van der Waals surface area contributed by atoms with Gasteiger partial charge in [0.05, 0.1) is 6.04 Å². The molecule has 0 aliphatic carbocycles. The smallest absolute Gasteiger partial charge is 0.223 e. The quantitative estimate of drug-likeness (QED) is 0.680. The normalized spacial score (nSPS) is 12.3. The second kappa shape index (κ2) is 6.02. The van der Waals surface area contributed by atoms with Crippen molar-refractivity contribution >= 4 is 24.3 Å². The molecule has 0 aromatic rings. The van der Waals surface area contributed by atoms with E-state index in [1.807, 2.05) is 0 Å². The number of likely N-dealkylation sites (N-methyl/N-ethyl adjacent to an activating group) is 1. The van der Waals surface area contributed by atoms with Crippen LogP contribution in [-0.2, 0) is 9.59 Å². The van der Waals surface area contributed by atoms with Crippen LogP contribution in [0.15, 0.2) is 0 Å². The van der Waals surface area contributed by atoms with Gasteiger partial charge in [-0.2, -0.15) is 12.6 Å². The zero-order valence-corrected chi connectivity index (χ0v) is 9.30. The Kier molecular flexibility index (Phi) is 5.79. The van der Waals surface area contributed by atoms with Crippen molar-refractivity contribution in [3.63, 3.8) is 0 Å². The van der Waals surface area contributed by atoms with Gasteiger partial charge in [0.2, 0.25) is 5.91 Å². The second-order valence-electron chi connectivity index (χ2n) is 2.97. The topological polar surface area (TPSA) is 37.4 Å².